The van der Waals surface area contributed by atoms with Crippen LogP contribution in [-0.2, 0) is 9.53 Å². The van der Waals surface area contributed by atoms with Crippen molar-refractivity contribution in [1.82, 2.24) is 4.90 Å². The van der Waals surface area contributed by atoms with Crippen molar-refractivity contribution in [1.29, 1.82) is 0 Å². The van der Waals surface area contributed by atoms with E-state index in [9.17, 15) is 14.7 Å². The van der Waals surface area contributed by atoms with Crippen LogP contribution in [0, 0.1) is 11.8 Å². The molecule has 1 N–H and O–H groups in total. The Morgan fingerprint density at radius 1 is 0.871 bits per heavy atom. The van der Waals surface area contributed by atoms with Crippen molar-refractivity contribution in [2.45, 2.75) is 50.5 Å². The summed E-state index contributed by atoms with van der Waals surface area (Å²) < 4.78 is 5.79. The van der Waals surface area contributed by atoms with Crippen LogP contribution in [0.25, 0.3) is 11.1 Å². The standard InChI is InChI=1S/C26H29NO4/c28-25(29)24-14-13-18(17-7-1-2-8-17)15-27(24)26(30)31-16-23-21-11-5-3-9-19(21)20-10-4-6-12-22(20)23/h3-6,9-12,17-18,23-24H,1-2,7-8,13-16H2,(H,28,29). The molecule has 2 fully saturated rings. The molecule has 2 aromatic carbocycles. The fourth-order valence-corrected chi connectivity index (χ4v) is 5.95. The van der Waals surface area contributed by atoms with Crippen molar-refractivity contribution in [3.8, 4) is 11.1 Å². The lowest BCUT2D eigenvalue weighted by molar-refractivity contribution is -0.144. The topological polar surface area (TPSA) is 66.8 Å². The zero-order valence-corrected chi connectivity index (χ0v) is 17.7. The minimum absolute atomic E-state index is 0.0185. The second-order valence-corrected chi connectivity index (χ2v) is 9.19. The van der Waals surface area contributed by atoms with Gasteiger partial charge < -0.3 is 9.84 Å². The number of aliphatic carboxylic acids is 1. The van der Waals surface area contributed by atoms with Crippen LogP contribution >= 0.6 is 0 Å². The van der Waals surface area contributed by atoms with Crippen LogP contribution in [0.3, 0.4) is 0 Å². The Balaban J connectivity index is 1.32. The number of likely N-dealkylation sites (tertiary alicyclic amines) is 1. The lowest BCUT2D eigenvalue weighted by Gasteiger charge is -2.39. The van der Waals surface area contributed by atoms with Crippen molar-refractivity contribution in [2.75, 3.05) is 13.2 Å². The molecule has 2 atom stereocenters. The predicted molar refractivity (Wildman–Crippen MR) is 118 cm³/mol. The van der Waals surface area contributed by atoms with Crippen LogP contribution in [0.1, 0.15) is 55.6 Å². The number of ether oxygens (including phenoxy) is 1. The van der Waals surface area contributed by atoms with Crippen molar-refractivity contribution >= 4 is 12.1 Å². The van der Waals surface area contributed by atoms with E-state index in [1.807, 2.05) is 24.3 Å². The molecular formula is C26H29NO4. The largest absolute Gasteiger partial charge is 0.480 e. The average molecular weight is 420 g/mol. The number of carbonyl (C=O) groups excluding carboxylic acids is 1. The third-order valence-corrected chi connectivity index (χ3v) is 7.54. The normalized spacial score (nSPS) is 23.4. The number of amides is 1. The monoisotopic (exact) mass is 419 g/mol. The molecule has 2 aliphatic carbocycles. The number of nitrogens with zero attached hydrogens (tertiary/aromatic N) is 1. The van der Waals surface area contributed by atoms with Crippen LogP contribution < -0.4 is 0 Å². The molecule has 2 unspecified atom stereocenters. The van der Waals surface area contributed by atoms with E-state index in [0.29, 0.717) is 24.8 Å². The van der Waals surface area contributed by atoms with Crippen LogP contribution in [0.2, 0.25) is 0 Å². The molecule has 0 aromatic heterocycles. The number of hydrogen-bond donors (Lipinski definition) is 1. The number of carbonyl (C=O) groups is 2. The third-order valence-electron chi connectivity index (χ3n) is 7.54. The van der Waals surface area contributed by atoms with Gasteiger partial charge in [-0.2, -0.15) is 0 Å². The summed E-state index contributed by atoms with van der Waals surface area (Å²) >= 11 is 0. The van der Waals surface area contributed by atoms with Crippen molar-refractivity contribution in [2.24, 2.45) is 11.8 Å². The molecule has 1 aliphatic heterocycles. The van der Waals surface area contributed by atoms with Crippen molar-refractivity contribution < 1.29 is 19.4 Å². The average Bonchev–Trinajstić information content (AvgIpc) is 3.44. The first-order chi connectivity index (χ1) is 15.1. The van der Waals surface area contributed by atoms with Gasteiger partial charge in [-0.25, -0.2) is 9.59 Å². The van der Waals surface area contributed by atoms with E-state index in [0.717, 1.165) is 17.5 Å². The van der Waals surface area contributed by atoms with Crippen LogP contribution in [0.4, 0.5) is 4.79 Å². The number of fused-ring (bicyclic) bond motifs is 3. The molecular weight excluding hydrogens is 390 g/mol. The Bertz CT molecular complexity index is 935. The van der Waals surface area contributed by atoms with Gasteiger partial charge in [-0.3, -0.25) is 4.90 Å². The first kappa shape index (κ1) is 20.1. The van der Waals surface area contributed by atoms with Gasteiger partial charge in [0.05, 0.1) is 0 Å². The lowest BCUT2D eigenvalue weighted by Crippen LogP contribution is -2.52. The summed E-state index contributed by atoms with van der Waals surface area (Å²) in [5.74, 6) is 0.0469. The molecule has 3 aliphatic rings. The Hall–Kier alpha value is -2.82. The van der Waals surface area contributed by atoms with E-state index >= 15 is 0 Å². The molecule has 5 heteroatoms. The molecule has 1 amide bonds. The Kier molecular flexibility index (Phi) is 5.43. The van der Waals surface area contributed by atoms with Gasteiger partial charge in [-0.15, -0.1) is 0 Å². The van der Waals surface area contributed by atoms with Gasteiger partial charge in [0.15, 0.2) is 0 Å². The summed E-state index contributed by atoms with van der Waals surface area (Å²) in [5.41, 5.74) is 4.69. The molecule has 0 bridgehead atoms. The molecule has 2 aromatic rings. The Labute approximate surface area is 183 Å². The summed E-state index contributed by atoms with van der Waals surface area (Å²) in [6, 6.07) is 15.7. The zero-order chi connectivity index (χ0) is 21.4. The predicted octanol–water partition coefficient (Wildman–Crippen LogP) is 5.29. The number of rotatable bonds is 4. The SMILES string of the molecule is O=C(O)C1CCC(C2CCCC2)CN1C(=O)OCC1c2ccccc2-c2ccccc21. The number of piperidine rings is 1. The smallest absolute Gasteiger partial charge is 0.410 e. The van der Waals surface area contributed by atoms with Crippen LogP contribution in [0.15, 0.2) is 48.5 Å². The summed E-state index contributed by atoms with van der Waals surface area (Å²) in [6.45, 7) is 0.724. The maximum atomic E-state index is 13.1. The molecule has 5 nitrogen and oxygen atoms in total. The van der Waals surface area contributed by atoms with E-state index < -0.39 is 18.1 Å². The maximum absolute atomic E-state index is 13.1. The first-order valence-corrected chi connectivity index (χ1v) is 11.5. The Morgan fingerprint density at radius 2 is 1.48 bits per heavy atom. The third kappa shape index (κ3) is 3.71. The minimum atomic E-state index is -0.932. The van der Waals surface area contributed by atoms with Crippen LogP contribution in [-0.4, -0.2) is 41.3 Å². The summed E-state index contributed by atoms with van der Waals surface area (Å²) in [7, 11) is 0. The molecule has 5 rings (SSSR count). The van der Waals surface area contributed by atoms with Gasteiger partial charge in [0.25, 0.3) is 0 Å². The summed E-state index contributed by atoms with van der Waals surface area (Å²) in [4.78, 5) is 26.4. The minimum Gasteiger partial charge on any atom is -0.480 e. The first-order valence-electron chi connectivity index (χ1n) is 11.5. The Morgan fingerprint density at radius 3 is 2.10 bits per heavy atom. The van der Waals surface area contributed by atoms with Gasteiger partial charge in [0, 0.05) is 12.5 Å². The van der Waals surface area contributed by atoms with Gasteiger partial charge in [-0.05, 0) is 46.9 Å². The highest BCUT2D eigenvalue weighted by atomic mass is 16.6. The van der Waals surface area contributed by atoms with Gasteiger partial charge in [0.1, 0.15) is 12.6 Å². The highest BCUT2D eigenvalue weighted by Crippen LogP contribution is 2.44. The molecule has 31 heavy (non-hydrogen) atoms. The number of hydrogen-bond acceptors (Lipinski definition) is 3. The zero-order valence-electron chi connectivity index (χ0n) is 17.7. The fraction of sp³-hybridized carbons (Fsp3) is 0.462. The molecule has 1 saturated heterocycles. The van der Waals surface area contributed by atoms with Crippen molar-refractivity contribution in [3.63, 3.8) is 0 Å². The molecule has 0 spiro atoms. The molecule has 1 saturated carbocycles. The van der Waals surface area contributed by atoms with Gasteiger partial charge in [0.2, 0.25) is 0 Å². The lowest BCUT2D eigenvalue weighted by atomic mass is 9.82. The summed E-state index contributed by atoms with van der Waals surface area (Å²) in [6.07, 6.45) is 5.79. The number of carboxylic acids is 1. The van der Waals surface area contributed by atoms with Crippen molar-refractivity contribution in [3.05, 3.63) is 59.7 Å². The van der Waals surface area contributed by atoms with E-state index in [1.165, 1.54) is 41.7 Å². The van der Waals surface area contributed by atoms with Crippen LogP contribution in [0.5, 0.6) is 0 Å². The van der Waals surface area contributed by atoms with Gasteiger partial charge >= 0.3 is 12.1 Å². The van der Waals surface area contributed by atoms with E-state index in [1.54, 1.807) is 0 Å². The highest BCUT2D eigenvalue weighted by molar-refractivity contribution is 5.81. The molecule has 1 heterocycles. The van der Waals surface area contributed by atoms with E-state index in [-0.39, 0.29) is 12.5 Å². The molecule has 162 valence electrons. The quantitative estimate of drug-likeness (QED) is 0.731. The number of carboxylic acid groups (broad SMARTS) is 1. The fourth-order valence-electron chi connectivity index (χ4n) is 5.95. The highest BCUT2D eigenvalue weighted by Gasteiger charge is 2.40. The summed E-state index contributed by atoms with van der Waals surface area (Å²) in [5, 5.41) is 9.70. The second-order valence-electron chi connectivity index (χ2n) is 9.19. The van der Waals surface area contributed by atoms with E-state index in [4.69, 9.17) is 4.74 Å². The number of benzene rings is 2. The maximum Gasteiger partial charge on any atom is 0.410 e. The van der Waals surface area contributed by atoms with E-state index in [2.05, 4.69) is 24.3 Å². The molecule has 0 radical (unpaired) electrons. The van der Waals surface area contributed by atoms with Gasteiger partial charge in [-0.1, -0.05) is 74.2 Å². The second kappa shape index (κ2) is 8.37.